The zero-order valence-electron chi connectivity index (χ0n) is 14.5. The lowest BCUT2D eigenvalue weighted by atomic mass is 10.2. The highest BCUT2D eigenvalue weighted by Gasteiger charge is 2.31. The summed E-state index contributed by atoms with van der Waals surface area (Å²) in [7, 11) is -4.24. The van der Waals surface area contributed by atoms with Gasteiger partial charge in [0.25, 0.3) is 10.0 Å². The molecule has 3 N–H and O–H groups in total. The Bertz CT molecular complexity index is 684. The quantitative estimate of drug-likeness (QED) is 0.714. The molecule has 0 saturated carbocycles. The first kappa shape index (κ1) is 19.8. The van der Waals surface area contributed by atoms with Gasteiger partial charge in [0, 0.05) is 12.1 Å². The summed E-state index contributed by atoms with van der Waals surface area (Å²) in [5.41, 5.74) is 2.96. The summed E-state index contributed by atoms with van der Waals surface area (Å²) >= 11 is 0. The number of urea groups is 2. The van der Waals surface area contributed by atoms with Gasteiger partial charge in [0.2, 0.25) is 0 Å². The van der Waals surface area contributed by atoms with Gasteiger partial charge >= 0.3 is 12.1 Å². The van der Waals surface area contributed by atoms with Crippen molar-refractivity contribution in [3.8, 4) is 0 Å². The van der Waals surface area contributed by atoms with Crippen LogP contribution in [0.5, 0.6) is 0 Å². The third kappa shape index (κ3) is 5.41. The van der Waals surface area contributed by atoms with Crippen molar-refractivity contribution in [3.05, 3.63) is 29.8 Å². The van der Waals surface area contributed by atoms with Crippen LogP contribution in [0.3, 0.4) is 0 Å². The standard InChI is InChI=1S/C15H24N4O4S/c1-10(2)16-14(20)18-19(15(21)17-11(3)4)24(22,23)13-8-6-12(5)7-9-13/h6-11H,1-5H3,(H,17,21)(H2,16,18,20). The third-order valence-electron chi connectivity index (χ3n) is 2.78. The third-order valence-corrected chi connectivity index (χ3v) is 4.38. The summed E-state index contributed by atoms with van der Waals surface area (Å²) in [4.78, 5) is 24.0. The maximum atomic E-state index is 12.7. The Labute approximate surface area is 142 Å². The van der Waals surface area contributed by atoms with Crippen LogP contribution in [-0.4, -0.2) is 37.0 Å². The molecule has 0 unspecified atom stereocenters. The number of aryl methyl sites for hydroxylation is 1. The fraction of sp³-hybridized carbons (Fsp3) is 0.467. The summed E-state index contributed by atoms with van der Waals surface area (Å²) in [5, 5.41) is 4.93. The number of amides is 4. The molecule has 24 heavy (non-hydrogen) atoms. The lowest BCUT2D eigenvalue weighted by Gasteiger charge is -2.24. The molecule has 0 saturated heterocycles. The molecule has 0 radical (unpaired) electrons. The largest absolute Gasteiger partial charge is 0.351 e. The number of rotatable bonds is 4. The average Bonchev–Trinajstić information content (AvgIpc) is 2.43. The van der Waals surface area contributed by atoms with E-state index in [0.29, 0.717) is 4.41 Å². The molecule has 1 rings (SSSR count). The maximum Gasteiger partial charge on any atom is 0.351 e. The van der Waals surface area contributed by atoms with Gasteiger partial charge in [-0.15, -0.1) is 4.41 Å². The average molecular weight is 356 g/mol. The Kier molecular flexibility index (Phi) is 6.59. The molecule has 0 atom stereocenters. The highest BCUT2D eigenvalue weighted by molar-refractivity contribution is 7.89. The van der Waals surface area contributed by atoms with Gasteiger partial charge in [0.05, 0.1) is 4.90 Å². The van der Waals surface area contributed by atoms with Gasteiger partial charge in [0.15, 0.2) is 0 Å². The van der Waals surface area contributed by atoms with Crippen LogP contribution in [0, 0.1) is 6.92 Å². The minimum absolute atomic E-state index is 0.100. The van der Waals surface area contributed by atoms with E-state index in [9.17, 15) is 18.0 Å². The van der Waals surface area contributed by atoms with E-state index in [0.717, 1.165) is 5.56 Å². The molecule has 0 spiro atoms. The second-order valence-electron chi connectivity index (χ2n) is 5.93. The smallest absolute Gasteiger partial charge is 0.335 e. The highest BCUT2D eigenvalue weighted by Crippen LogP contribution is 2.15. The lowest BCUT2D eigenvalue weighted by Crippen LogP contribution is -2.57. The number of nitrogens with one attached hydrogen (secondary N) is 3. The summed E-state index contributed by atoms with van der Waals surface area (Å²) in [6.07, 6.45) is 0. The number of benzene rings is 1. The number of nitrogens with zero attached hydrogens (tertiary/aromatic N) is 1. The number of carbonyl (C=O) groups is 2. The van der Waals surface area contributed by atoms with Gasteiger partial charge in [-0.2, -0.15) is 8.42 Å². The van der Waals surface area contributed by atoms with Crippen molar-refractivity contribution in [2.45, 2.75) is 51.6 Å². The fourth-order valence-corrected chi connectivity index (χ4v) is 2.89. The topological polar surface area (TPSA) is 108 Å². The van der Waals surface area contributed by atoms with Gasteiger partial charge in [0.1, 0.15) is 0 Å². The minimum atomic E-state index is -4.24. The van der Waals surface area contributed by atoms with Crippen molar-refractivity contribution in [1.29, 1.82) is 0 Å². The number of sulfonamides is 1. The van der Waals surface area contributed by atoms with E-state index >= 15 is 0 Å². The number of hydrogen-bond acceptors (Lipinski definition) is 4. The van der Waals surface area contributed by atoms with Gasteiger partial charge < -0.3 is 10.6 Å². The van der Waals surface area contributed by atoms with Gasteiger partial charge in [-0.05, 0) is 46.8 Å². The summed E-state index contributed by atoms with van der Waals surface area (Å²) in [6.45, 7) is 8.61. The van der Waals surface area contributed by atoms with Crippen LogP contribution in [0.4, 0.5) is 9.59 Å². The summed E-state index contributed by atoms with van der Waals surface area (Å²) in [6, 6.07) is 3.72. The molecule has 1 aromatic rings. The lowest BCUT2D eigenvalue weighted by molar-refractivity contribution is 0.197. The molecular weight excluding hydrogens is 332 g/mol. The van der Waals surface area contributed by atoms with E-state index in [1.165, 1.54) is 12.1 Å². The Balaban J connectivity index is 3.17. The van der Waals surface area contributed by atoms with Crippen LogP contribution in [0.2, 0.25) is 0 Å². The van der Waals surface area contributed by atoms with Crippen molar-refractivity contribution in [2.24, 2.45) is 0 Å². The van der Waals surface area contributed by atoms with E-state index in [2.05, 4.69) is 16.1 Å². The fourth-order valence-electron chi connectivity index (χ4n) is 1.73. The second kappa shape index (κ2) is 8.00. The van der Waals surface area contributed by atoms with E-state index in [1.807, 2.05) is 6.92 Å². The molecule has 4 amide bonds. The van der Waals surface area contributed by atoms with E-state index < -0.39 is 22.1 Å². The Hall–Kier alpha value is -2.29. The normalized spacial score (nSPS) is 11.3. The van der Waals surface area contributed by atoms with E-state index in [-0.39, 0.29) is 17.0 Å². The van der Waals surface area contributed by atoms with Crippen molar-refractivity contribution in [3.63, 3.8) is 0 Å². The van der Waals surface area contributed by atoms with E-state index in [4.69, 9.17) is 0 Å². The zero-order chi connectivity index (χ0) is 18.5. The molecule has 0 aliphatic carbocycles. The Morgan fingerprint density at radius 3 is 1.92 bits per heavy atom. The monoisotopic (exact) mass is 356 g/mol. The summed E-state index contributed by atoms with van der Waals surface area (Å²) in [5.74, 6) is 0. The molecule has 1 aromatic carbocycles. The van der Waals surface area contributed by atoms with Crippen molar-refractivity contribution < 1.29 is 18.0 Å². The molecule has 9 heteroatoms. The number of hydrazine groups is 1. The van der Waals surface area contributed by atoms with Crippen molar-refractivity contribution in [1.82, 2.24) is 20.5 Å². The molecular formula is C15H24N4O4S. The molecule has 0 aliphatic heterocycles. The van der Waals surface area contributed by atoms with Crippen LogP contribution >= 0.6 is 0 Å². The first-order chi connectivity index (χ1) is 11.0. The predicted octanol–water partition coefficient (Wildman–Crippen LogP) is 1.73. The first-order valence-corrected chi connectivity index (χ1v) is 8.97. The van der Waals surface area contributed by atoms with E-state index in [1.54, 1.807) is 39.8 Å². The van der Waals surface area contributed by atoms with Crippen LogP contribution in [0.25, 0.3) is 0 Å². The highest BCUT2D eigenvalue weighted by atomic mass is 32.2. The van der Waals surface area contributed by atoms with Crippen molar-refractivity contribution >= 4 is 22.1 Å². The van der Waals surface area contributed by atoms with Gasteiger partial charge in [-0.1, -0.05) is 17.7 Å². The number of hydrogen-bond donors (Lipinski definition) is 3. The Morgan fingerprint density at radius 1 is 0.958 bits per heavy atom. The molecule has 0 aliphatic rings. The first-order valence-electron chi connectivity index (χ1n) is 7.53. The second-order valence-corrected chi connectivity index (χ2v) is 7.71. The zero-order valence-corrected chi connectivity index (χ0v) is 15.3. The molecule has 0 heterocycles. The molecule has 8 nitrogen and oxygen atoms in total. The maximum absolute atomic E-state index is 12.7. The molecule has 134 valence electrons. The molecule has 0 fully saturated rings. The summed E-state index contributed by atoms with van der Waals surface area (Å²) < 4.78 is 25.7. The SMILES string of the molecule is Cc1ccc(S(=O)(=O)N(NC(=O)NC(C)C)C(=O)NC(C)C)cc1. The number of carbonyl (C=O) groups excluding carboxylic acids is 2. The predicted molar refractivity (Wildman–Crippen MR) is 90.7 cm³/mol. The van der Waals surface area contributed by atoms with Crippen LogP contribution in [-0.2, 0) is 10.0 Å². The minimum Gasteiger partial charge on any atom is -0.335 e. The van der Waals surface area contributed by atoms with Gasteiger partial charge in [-0.3, -0.25) is 0 Å². The van der Waals surface area contributed by atoms with Gasteiger partial charge in [-0.25, -0.2) is 15.0 Å². The van der Waals surface area contributed by atoms with Crippen LogP contribution in [0.15, 0.2) is 29.2 Å². The Morgan fingerprint density at radius 2 is 1.46 bits per heavy atom. The van der Waals surface area contributed by atoms with Crippen LogP contribution in [0.1, 0.15) is 33.3 Å². The van der Waals surface area contributed by atoms with Crippen molar-refractivity contribution in [2.75, 3.05) is 0 Å². The molecule has 0 aromatic heterocycles. The molecule has 0 bridgehead atoms. The van der Waals surface area contributed by atoms with Crippen LogP contribution < -0.4 is 16.1 Å².